The topological polar surface area (TPSA) is 38.7 Å². The van der Waals surface area contributed by atoms with Gasteiger partial charge in [-0.1, -0.05) is 135 Å². The molecule has 2 heterocycles. The maximum atomic E-state index is 5.28. The molecule has 0 spiro atoms. The van der Waals surface area contributed by atoms with Crippen LogP contribution in [0.3, 0.4) is 0 Å². The molecule has 7 aromatic carbocycles. The number of fused-ring (bicyclic) bond motifs is 5. The average Bonchev–Trinajstić information content (AvgIpc) is 3.45. The van der Waals surface area contributed by atoms with Gasteiger partial charge >= 0.3 is 0 Å². The molecule has 3 heteroatoms. The van der Waals surface area contributed by atoms with Gasteiger partial charge in [0.2, 0.25) is 0 Å². The largest absolute Gasteiger partial charge is 0.265 e. The normalized spacial score (nSPS) is 12.9. The molecule has 0 aliphatic heterocycles. The first-order valence-electron chi connectivity index (χ1n) is 18.2. The minimum absolute atomic E-state index is 0.137. The van der Waals surface area contributed by atoms with Gasteiger partial charge in [0.05, 0.1) is 11.4 Å². The van der Waals surface area contributed by atoms with Crippen LogP contribution in [0.4, 0.5) is 0 Å². The quantitative estimate of drug-likeness (QED) is 0.182. The number of rotatable bonds is 5. The van der Waals surface area contributed by atoms with E-state index in [2.05, 4.69) is 164 Å². The van der Waals surface area contributed by atoms with E-state index in [1.54, 1.807) is 0 Å². The first-order chi connectivity index (χ1) is 26.0. The molecule has 0 amide bonds. The number of aromatic nitrogens is 3. The summed E-state index contributed by atoms with van der Waals surface area (Å²) in [7, 11) is 0. The Morgan fingerprint density at radius 2 is 0.962 bits per heavy atom. The fraction of sp³-hybridized carbons (Fsp3) is 0.0600. The molecule has 0 bridgehead atoms. The fourth-order valence-electron chi connectivity index (χ4n) is 8.12. The van der Waals surface area contributed by atoms with E-state index < -0.39 is 0 Å². The van der Waals surface area contributed by atoms with Crippen LogP contribution in [0.1, 0.15) is 25.0 Å². The molecule has 0 radical (unpaired) electrons. The van der Waals surface area contributed by atoms with Gasteiger partial charge in [-0.25, -0.2) is 9.97 Å². The number of hydrogen-bond donors (Lipinski definition) is 0. The summed E-state index contributed by atoms with van der Waals surface area (Å²) in [5, 5.41) is 4.88. The molecule has 0 saturated carbocycles. The second-order valence-electron chi connectivity index (χ2n) is 14.5. The summed E-state index contributed by atoms with van der Waals surface area (Å²) in [6, 6.07) is 58.8. The minimum Gasteiger partial charge on any atom is -0.265 e. The smallest absolute Gasteiger partial charge is 0.160 e. The Kier molecular flexibility index (Phi) is 7.16. The van der Waals surface area contributed by atoms with E-state index in [0.717, 1.165) is 33.9 Å². The second-order valence-corrected chi connectivity index (χ2v) is 14.5. The zero-order chi connectivity index (χ0) is 35.5. The predicted molar refractivity (Wildman–Crippen MR) is 220 cm³/mol. The average molecular weight is 678 g/mol. The van der Waals surface area contributed by atoms with Crippen molar-refractivity contribution in [1.82, 2.24) is 15.0 Å². The molecule has 1 aliphatic carbocycles. The van der Waals surface area contributed by atoms with Crippen molar-refractivity contribution in [2.45, 2.75) is 19.3 Å². The van der Waals surface area contributed by atoms with Gasteiger partial charge < -0.3 is 0 Å². The van der Waals surface area contributed by atoms with Crippen molar-refractivity contribution in [3.05, 3.63) is 187 Å². The van der Waals surface area contributed by atoms with Crippen LogP contribution < -0.4 is 0 Å². The highest BCUT2D eigenvalue weighted by atomic mass is 14.9. The third kappa shape index (κ3) is 5.32. The summed E-state index contributed by atoms with van der Waals surface area (Å²) in [4.78, 5) is 14.6. The Morgan fingerprint density at radius 1 is 0.377 bits per heavy atom. The highest BCUT2D eigenvalue weighted by Gasteiger charge is 2.37. The van der Waals surface area contributed by atoms with Gasteiger partial charge in [0.15, 0.2) is 5.82 Å². The second kappa shape index (κ2) is 12.2. The van der Waals surface area contributed by atoms with E-state index >= 15 is 0 Å². The predicted octanol–water partition coefficient (Wildman–Crippen LogP) is 12.8. The summed E-state index contributed by atoms with van der Waals surface area (Å²) in [5.74, 6) is 0.720. The number of pyridine rings is 1. The number of nitrogens with zero attached hydrogens (tertiary/aromatic N) is 3. The Bertz CT molecular complexity index is 2840. The highest BCUT2D eigenvalue weighted by Crippen LogP contribution is 2.53. The zero-order valence-corrected chi connectivity index (χ0v) is 29.6. The monoisotopic (exact) mass is 677 g/mol. The van der Waals surface area contributed by atoms with Gasteiger partial charge in [-0.3, -0.25) is 4.98 Å². The SMILES string of the molecule is CC1(C)c2cc3ccccc3cc2-c2c(-c3cc(-c4ccc5cc(-c6ccc(-c7ccncc7)cc6)ccc5c4)nc(-c4ccccc4)n3)cccc21. The van der Waals surface area contributed by atoms with Gasteiger partial charge in [0.25, 0.3) is 0 Å². The molecule has 1 aliphatic rings. The lowest BCUT2D eigenvalue weighted by Crippen LogP contribution is -2.14. The third-order valence-corrected chi connectivity index (χ3v) is 11.0. The van der Waals surface area contributed by atoms with Crippen molar-refractivity contribution in [3.63, 3.8) is 0 Å². The van der Waals surface area contributed by atoms with Crippen LogP contribution in [0, 0.1) is 0 Å². The molecule has 53 heavy (non-hydrogen) atoms. The van der Waals surface area contributed by atoms with E-state index in [9.17, 15) is 0 Å². The highest BCUT2D eigenvalue weighted by molar-refractivity contribution is 5.99. The first-order valence-corrected chi connectivity index (χ1v) is 18.2. The van der Waals surface area contributed by atoms with Crippen molar-refractivity contribution in [2.75, 3.05) is 0 Å². The maximum absolute atomic E-state index is 5.28. The summed E-state index contributed by atoms with van der Waals surface area (Å²) in [5.41, 5.74) is 14.8. The number of hydrogen-bond acceptors (Lipinski definition) is 3. The molecule has 0 N–H and O–H groups in total. The molecule has 10 rings (SSSR count). The van der Waals surface area contributed by atoms with E-state index in [-0.39, 0.29) is 5.41 Å². The lowest BCUT2D eigenvalue weighted by Gasteiger charge is -2.22. The van der Waals surface area contributed by atoms with E-state index in [0.29, 0.717) is 0 Å². The molecule has 0 fully saturated rings. The zero-order valence-electron chi connectivity index (χ0n) is 29.6. The molecule has 250 valence electrons. The molecule has 9 aromatic rings. The Balaban J connectivity index is 1.08. The third-order valence-electron chi connectivity index (χ3n) is 11.0. The van der Waals surface area contributed by atoms with Crippen molar-refractivity contribution < 1.29 is 0 Å². The van der Waals surface area contributed by atoms with Crippen molar-refractivity contribution in [3.8, 4) is 67.3 Å². The molecular weight excluding hydrogens is 643 g/mol. The van der Waals surface area contributed by atoms with Gasteiger partial charge in [-0.15, -0.1) is 0 Å². The van der Waals surface area contributed by atoms with E-state index in [4.69, 9.17) is 9.97 Å². The van der Waals surface area contributed by atoms with Crippen LogP contribution in [0.5, 0.6) is 0 Å². The van der Waals surface area contributed by atoms with Crippen LogP contribution in [-0.4, -0.2) is 15.0 Å². The van der Waals surface area contributed by atoms with Crippen molar-refractivity contribution in [1.29, 1.82) is 0 Å². The standard InChI is InChI=1S/C50H35N3/c1-50(2)44-14-8-13-42(48(44)43-29-36-11-6-7-12-37(36)30-45(43)50)47-31-46(52-49(53-47)35-9-4-3-5-10-35)41-22-21-39-27-38(19-20-40(39)28-41)33-17-15-32(16-18-33)34-23-25-51-26-24-34/h3-31H,1-2H3. The fourth-order valence-corrected chi connectivity index (χ4v) is 8.12. The Morgan fingerprint density at radius 3 is 1.72 bits per heavy atom. The maximum Gasteiger partial charge on any atom is 0.160 e. The summed E-state index contributed by atoms with van der Waals surface area (Å²) in [6.45, 7) is 4.68. The Hall–Kier alpha value is -6.71. The van der Waals surface area contributed by atoms with Crippen LogP contribution in [0.15, 0.2) is 176 Å². The molecule has 2 aromatic heterocycles. The lowest BCUT2D eigenvalue weighted by atomic mass is 9.81. The van der Waals surface area contributed by atoms with Gasteiger partial charge in [0.1, 0.15) is 0 Å². The molecule has 0 atom stereocenters. The van der Waals surface area contributed by atoms with E-state index in [1.165, 1.54) is 66.1 Å². The Labute approximate surface area is 309 Å². The van der Waals surface area contributed by atoms with Crippen LogP contribution >= 0.6 is 0 Å². The van der Waals surface area contributed by atoms with Gasteiger partial charge in [-0.2, -0.15) is 0 Å². The van der Waals surface area contributed by atoms with Crippen LogP contribution in [0.25, 0.3) is 88.8 Å². The minimum atomic E-state index is -0.137. The van der Waals surface area contributed by atoms with Crippen molar-refractivity contribution >= 4 is 21.5 Å². The molecule has 3 nitrogen and oxygen atoms in total. The molecule has 0 unspecified atom stereocenters. The van der Waals surface area contributed by atoms with Gasteiger partial charge in [-0.05, 0) is 109 Å². The molecular formula is C50H35N3. The number of benzene rings is 7. The van der Waals surface area contributed by atoms with E-state index in [1.807, 2.05) is 30.6 Å². The lowest BCUT2D eigenvalue weighted by molar-refractivity contribution is 0.661. The van der Waals surface area contributed by atoms with Crippen molar-refractivity contribution in [2.24, 2.45) is 0 Å². The molecule has 0 saturated heterocycles. The summed E-state index contributed by atoms with van der Waals surface area (Å²) < 4.78 is 0. The van der Waals surface area contributed by atoms with Crippen LogP contribution in [0.2, 0.25) is 0 Å². The van der Waals surface area contributed by atoms with Gasteiger partial charge in [0, 0.05) is 34.5 Å². The summed E-state index contributed by atoms with van der Waals surface area (Å²) in [6.07, 6.45) is 3.67. The first kappa shape index (κ1) is 31.1. The van der Waals surface area contributed by atoms with Crippen LogP contribution in [-0.2, 0) is 5.41 Å². The summed E-state index contributed by atoms with van der Waals surface area (Å²) >= 11 is 0.